The van der Waals surface area contributed by atoms with Crippen LogP contribution in [0.2, 0.25) is 0 Å². The maximum absolute atomic E-state index is 12.1. The van der Waals surface area contributed by atoms with Crippen LogP contribution in [0.25, 0.3) is 0 Å². The summed E-state index contributed by atoms with van der Waals surface area (Å²) in [6, 6.07) is 5.74. The van der Waals surface area contributed by atoms with Crippen LogP contribution < -0.4 is 9.47 Å². The zero-order valence-electron chi connectivity index (χ0n) is 14.1. The summed E-state index contributed by atoms with van der Waals surface area (Å²) in [4.78, 5) is 2.25. The number of methoxy groups -OCH3 is 2. The third-order valence-corrected chi connectivity index (χ3v) is 6.14. The van der Waals surface area contributed by atoms with E-state index in [9.17, 15) is 8.42 Å². The summed E-state index contributed by atoms with van der Waals surface area (Å²) in [5, 5.41) is 0. The third-order valence-electron chi connectivity index (χ3n) is 4.07. The standard InChI is InChI=1S/C16H26N2O4S/c1-4-11-23(19,20)18-9-7-17(8-10-18)13-14-12-15(21-2)5-6-16(14)22-3/h5-6,12H,4,7-11,13H2,1-3H3. The molecule has 7 heteroatoms. The first-order valence-electron chi connectivity index (χ1n) is 7.91. The highest BCUT2D eigenvalue weighted by molar-refractivity contribution is 7.89. The normalized spacial score (nSPS) is 17.2. The van der Waals surface area contributed by atoms with E-state index in [0.29, 0.717) is 19.5 Å². The van der Waals surface area contributed by atoms with Gasteiger partial charge in [-0.3, -0.25) is 4.90 Å². The molecule has 0 saturated carbocycles. The predicted molar refractivity (Wildman–Crippen MR) is 90.5 cm³/mol. The van der Waals surface area contributed by atoms with Gasteiger partial charge < -0.3 is 9.47 Å². The summed E-state index contributed by atoms with van der Waals surface area (Å²) in [6.45, 7) is 5.17. The molecule has 130 valence electrons. The Labute approximate surface area is 139 Å². The summed E-state index contributed by atoms with van der Waals surface area (Å²) in [5.41, 5.74) is 1.05. The fraction of sp³-hybridized carbons (Fsp3) is 0.625. The molecule has 0 atom stereocenters. The summed E-state index contributed by atoms with van der Waals surface area (Å²) in [5.74, 6) is 1.85. The second-order valence-electron chi connectivity index (χ2n) is 5.67. The molecule has 1 aliphatic rings. The zero-order chi connectivity index (χ0) is 16.9. The minimum absolute atomic E-state index is 0.233. The molecule has 0 bridgehead atoms. The average Bonchev–Trinajstić information content (AvgIpc) is 2.55. The lowest BCUT2D eigenvalue weighted by Crippen LogP contribution is -2.48. The van der Waals surface area contributed by atoms with Crippen molar-refractivity contribution in [1.82, 2.24) is 9.21 Å². The van der Waals surface area contributed by atoms with E-state index < -0.39 is 10.0 Å². The summed E-state index contributed by atoms with van der Waals surface area (Å²) < 4.78 is 36.5. The van der Waals surface area contributed by atoms with Gasteiger partial charge in [-0.1, -0.05) is 6.92 Å². The molecule has 1 aromatic carbocycles. The SMILES string of the molecule is CCCS(=O)(=O)N1CCN(Cc2cc(OC)ccc2OC)CC1. The van der Waals surface area contributed by atoms with Gasteiger partial charge in [-0.25, -0.2) is 8.42 Å². The second kappa shape index (κ2) is 7.99. The molecule has 0 amide bonds. The quantitative estimate of drug-likeness (QED) is 0.753. The maximum Gasteiger partial charge on any atom is 0.214 e. The van der Waals surface area contributed by atoms with Crippen LogP contribution in [0.15, 0.2) is 18.2 Å². The number of hydrogen-bond acceptors (Lipinski definition) is 5. The molecule has 1 saturated heterocycles. The van der Waals surface area contributed by atoms with Gasteiger partial charge >= 0.3 is 0 Å². The van der Waals surface area contributed by atoms with Crippen molar-refractivity contribution in [2.24, 2.45) is 0 Å². The third kappa shape index (κ3) is 4.59. The van der Waals surface area contributed by atoms with Gasteiger partial charge in [0.25, 0.3) is 0 Å². The monoisotopic (exact) mass is 342 g/mol. The van der Waals surface area contributed by atoms with Crippen molar-refractivity contribution in [3.63, 3.8) is 0 Å². The van der Waals surface area contributed by atoms with Crippen LogP contribution in [0.4, 0.5) is 0 Å². The van der Waals surface area contributed by atoms with E-state index in [1.807, 2.05) is 25.1 Å². The summed E-state index contributed by atoms with van der Waals surface area (Å²) in [7, 11) is 0.204. The lowest BCUT2D eigenvalue weighted by Gasteiger charge is -2.34. The minimum atomic E-state index is -3.09. The largest absolute Gasteiger partial charge is 0.497 e. The lowest BCUT2D eigenvalue weighted by atomic mass is 10.1. The van der Waals surface area contributed by atoms with Crippen molar-refractivity contribution in [3.8, 4) is 11.5 Å². The van der Waals surface area contributed by atoms with Crippen molar-refractivity contribution >= 4 is 10.0 Å². The van der Waals surface area contributed by atoms with Crippen LogP contribution in [-0.2, 0) is 16.6 Å². The molecular weight excluding hydrogens is 316 g/mol. The van der Waals surface area contributed by atoms with Gasteiger partial charge in [-0.05, 0) is 24.6 Å². The van der Waals surface area contributed by atoms with Gasteiger partial charge in [0.1, 0.15) is 11.5 Å². The van der Waals surface area contributed by atoms with Gasteiger partial charge in [0.15, 0.2) is 0 Å². The lowest BCUT2D eigenvalue weighted by molar-refractivity contribution is 0.180. The van der Waals surface area contributed by atoms with Crippen LogP contribution in [0, 0.1) is 0 Å². The van der Waals surface area contributed by atoms with Crippen molar-refractivity contribution in [2.45, 2.75) is 19.9 Å². The van der Waals surface area contributed by atoms with Gasteiger partial charge in [0.05, 0.1) is 20.0 Å². The minimum Gasteiger partial charge on any atom is -0.497 e. The fourth-order valence-electron chi connectivity index (χ4n) is 2.80. The van der Waals surface area contributed by atoms with E-state index in [2.05, 4.69) is 4.90 Å². The number of nitrogens with zero attached hydrogens (tertiary/aromatic N) is 2. The summed E-state index contributed by atoms with van der Waals surface area (Å²) >= 11 is 0. The molecule has 0 aromatic heterocycles. The van der Waals surface area contributed by atoms with Crippen LogP contribution in [0.3, 0.4) is 0 Å². The first-order valence-corrected chi connectivity index (χ1v) is 9.52. The molecule has 0 radical (unpaired) electrons. The second-order valence-corrected chi connectivity index (χ2v) is 7.76. The Morgan fingerprint density at radius 1 is 1.09 bits per heavy atom. The topological polar surface area (TPSA) is 59.1 Å². The van der Waals surface area contributed by atoms with E-state index in [1.54, 1.807) is 18.5 Å². The maximum atomic E-state index is 12.1. The first kappa shape index (κ1) is 18.0. The zero-order valence-corrected chi connectivity index (χ0v) is 14.9. The molecule has 0 spiro atoms. The Bertz CT molecular complexity index is 611. The molecule has 0 N–H and O–H groups in total. The van der Waals surface area contributed by atoms with Gasteiger partial charge in [-0.2, -0.15) is 4.31 Å². The number of piperazine rings is 1. The molecule has 2 rings (SSSR count). The van der Waals surface area contributed by atoms with Crippen molar-refractivity contribution in [3.05, 3.63) is 23.8 Å². The number of rotatable bonds is 7. The molecule has 1 heterocycles. The van der Waals surface area contributed by atoms with Crippen LogP contribution >= 0.6 is 0 Å². The highest BCUT2D eigenvalue weighted by Gasteiger charge is 2.26. The van der Waals surface area contributed by atoms with Crippen LogP contribution in [0.5, 0.6) is 11.5 Å². The van der Waals surface area contributed by atoms with Gasteiger partial charge in [-0.15, -0.1) is 0 Å². The number of ether oxygens (including phenoxy) is 2. The Kier molecular flexibility index (Phi) is 6.26. The Balaban J connectivity index is 1.99. The van der Waals surface area contributed by atoms with Gasteiger partial charge in [0.2, 0.25) is 10.0 Å². The molecule has 0 unspecified atom stereocenters. The summed E-state index contributed by atoms with van der Waals surface area (Å²) in [6.07, 6.45) is 0.656. The van der Waals surface area contributed by atoms with Crippen LogP contribution in [0.1, 0.15) is 18.9 Å². The first-order chi connectivity index (χ1) is 11.0. The van der Waals surface area contributed by atoms with Crippen molar-refractivity contribution in [1.29, 1.82) is 0 Å². The molecule has 0 aliphatic carbocycles. The Morgan fingerprint density at radius 2 is 1.78 bits per heavy atom. The van der Waals surface area contributed by atoms with Gasteiger partial charge in [0, 0.05) is 38.3 Å². The molecule has 6 nitrogen and oxygen atoms in total. The highest BCUT2D eigenvalue weighted by Crippen LogP contribution is 2.25. The number of benzene rings is 1. The highest BCUT2D eigenvalue weighted by atomic mass is 32.2. The predicted octanol–water partition coefficient (Wildman–Crippen LogP) is 1.56. The Morgan fingerprint density at radius 3 is 2.35 bits per heavy atom. The Hall–Kier alpha value is -1.31. The van der Waals surface area contributed by atoms with E-state index in [4.69, 9.17) is 9.47 Å². The van der Waals surface area contributed by atoms with E-state index in [1.165, 1.54) is 0 Å². The number of hydrogen-bond donors (Lipinski definition) is 0. The molecule has 1 aliphatic heterocycles. The fourth-order valence-corrected chi connectivity index (χ4v) is 4.29. The average molecular weight is 342 g/mol. The van der Waals surface area contributed by atoms with Crippen molar-refractivity contribution in [2.75, 3.05) is 46.2 Å². The van der Waals surface area contributed by atoms with Crippen molar-refractivity contribution < 1.29 is 17.9 Å². The smallest absolute Gasteiger partial charge is 0.214 e. The van der Waals surface area contributed by atoms with E-state index in [0.717, 1.165) is 36.7 Å². The molecular formula is C16H26N2O4S. The van der Waals surface area contributed by atoms with E-state index in [-0.39, 0.29) is 5.75 Å². The molecule has 1 fully saturated rings. The van der Waals surface area contributed by atoms with Crippen LogP contribution in [-0.4, -0.2) is 63.8 Å². The number of sulfonamides is 1. The van der Waals surface area contributed by atoms with E-state index >= 15 is 0 Å². The molecule has 1 aromatic rings. The molecule has 23 heavy (non-hydrogen) atoms.